The minimum absolute atomic E-state index is 0.00136. The summed E-state index contributed by atoms with van der Waals surface area (Å²) in [7, 11) is 0. The topological polar surface area (TPSA) is 74.7 Å². The Morgan fingerprint density at radius 3 is 2.44 bits per heavy atom. The number of aliphatic carboxylic acids is 1. The molecule has 0 unspecified atom stereocenters. The molecule has 5 aliphatic carbocycles. The summed E-state index contributed by atoms with van der Waals surface area (Å²) < 4.78 is 0. The number of carboxylic acids is 1. The Bertz CT molecular complexity index is 1160. The predicted molar refractivity (Wildman–Crippen MR) is 136 cm³/mol. The number of hydrogen-bond donors (Lipinski definition) is 1. The Morgan fingerprint density at radius 2 is 1.78 bits per heavy atom. The zero-order valence-electron chi connectivity index (χ0n) is 22.0. The first-order chi connectivity index (χ1) is 17.0. The fraction of sp³-hybridized carbons (Fsp3) is 0.645. The SMILES string of the molecule is CC(C)C1=C[C@@]23CC[C@H]4[C@](C)(CCC[C@@]4(C)C(=O)O)[C@@H]2C[C@H]1[C@@H]1C(=O)N(Cc2ccccc2)C(=O)[C@H]13. The van der Waals surface area contributed by atoms with E-state index in [0.717, 1.165) is 44.1 Å². The minimum Gasteiger partial charge on any atom is -0.481 e. The Balaban J connectivity index is 1.45. The number of rotatable bonds is 4. The van der Waals surface area contributed by atoms with Crippen molar-refractivity contribution < 1.29 is 19.5 Å². The molecule has 1 spiro atoms. The molecule has 2 bridgehead atoms. The van der Waals surface area contributed by atoms with E-state index in [-0.39, 0.29) is 52.2 Å². The second-order valence-electron chi connectivity index (χ2n) is 13.2. The van der Waals surface area contributed by atoms with Gasteiger partial charge in [0.05, 0.1) is 23.8 Å². The first-order valence-electron chi connectivity index (χ1n) is 13.9. The van der Waals surface area contributed by atoms with Gasteiger partial charge in [-0.25, -0.2) is 0 Å². The maximum Gasteiger partial charge on any atom is 0.309 e. The highest BCUT2D eigenvalue weighted by Gasteiger charge is 2.73. The third-order valence-electron chi connectivity index (χ3n) is 11.4. The molecule has 0 radical (unpaired) electrons. The number of carboxylic acid groups (broad SMARTS) is 1. The van der Waals surface area contributed by atoms with Crippen LogP contribution in [0.5, 0.6) is 0 Å². The minimum atomic E-state index is -0.718. The van der Waals surface area contributed by atoms with Gasteiger partial charge in [-0.2, -0.15) is 0 Å². The average Bonchev–Trinajstić information content (AvgIpc) is 3.11. The molecular formula is C31H39NO4. The van der Waals surface area contributed by atoms with E-state index < -0.39 is 11.4 Å². The van der Waals surface area contributed by atoms with E-state index in [1.54, 1.807) is 4.90 Å². The third-order valence-corrected chi connectivity index (χ3v) is 11.4. The van der Waals surface area contributed by atoms with E-state index in [0.29, 0.717) is 12.5 Å². The highest BCUT2D eigenvalue weighted by molar-refractivity contribution is 6.06. The molecule has 0 aromatic heterocycles. The van der Waals surface area contributed by atoms with Crippen LogP contribution in [-0.4, -0.2) is 27.8 Å². The van der Waals surface area contributed by atoms with Crippen LogP contribution in [-0.2, 0) is 20.9 Å². The van der Waals surface area contributed by atoms with E-state index >= 15 is 0 Å². The second-order valence-corrected chi connectivity index (χ2v) is 13.2. The monoisotopic (exact) mass is 489 g/mol. The van der Waals surface area contributed by atoms with Crippen LogP contribution in [0.25, 0.3) is 0 Å². The molecule has 5 heteroatoms. The van der Waals surface area contributed by atoms with Gasteiger partial charge in [0.1, 0.15) is 0 Å². The van der Waals surface area contributed by atoms with Gasteiger partial charge in [0, 0.05) is 5.41 Å². The maximum atomic E-state index is 14.2. The summed E-state index contributed by atoms with van der Waals surface area (Å²) in [6.07, 6.45) is 7.63. The lowest BCUT2D eigenvalue weighted by molar-refractivity contribution is -0.194. The molecule has 1 aromatic carbocycles. The van der Waals surface area contributed by atoms with Crippen molar-refractivity contribution >= 4 is 17.8 Å². The third kappa shape index (κ3) is 2.92. The number of allylic oxidation sites excluding steroid dienone is 2. The zero-order chi connectivity index (χ0) is 25.6. The summed E-state index contributed by atoms with van der Waals surface area (Å²) in [4.78, 5) is 42.2. The molecule has 4 fully saturated rings. The second kappa shape index (κ2) is 7.79. The van der Waals surface area contributed by atoms with Crippen molar-refractivity contribution in [3.8, 4) is 0 Å². The van der Waals surface area contributed by atoms with Gasteiger partial charge in [-0.05, 0) is 73.7 Å². The quantitative estimate of drug-likeness (QED) is 0.435. The van der Waals surface area contributed by atoms with Crippen molar-refractivity contribution in [2.75, 3.05) is 0 Å². The van der Waals surface area contributed by atoms with Gasteiger partial charge in [0.15, 0.2) is 0 Å². The highest BCUT2D eigenvalue weighted by atomic mass is 16.4. The van der Waals surface area contributed by atoms with Crippen LogP contribution in [0.1, 0.15) is 71.8 Å². The summed E-state index contributed by atoms with van der Waals surface area (Å²) in [5.41, 5.74) is 1.14. The van der Waals surface area contributed by atoms with Crippen molar-refractivity contribution in [3.05, 3.63) is 47.5 Å². The van der Waals surface area contributed by atoms with Gasteiger partial charge in [0.25, 0.3) is 0 Å². The van der Waals surface area contributed by atoms with Crippen LogP contribution >= 0.6 is 0 Å². The largest absolute Gasteiger partial charge is 0.481 e. The molecule has 8 atom stereocenters. The lowest BCUT2D eigenvalue weighted by Gasteiger charge is -2.68. The van der Waals surface area contributed by atoms with Crippen molar-refractivity contribution in [3.63, 3.8) is 0 Å². The molecule has 1 heterocycles. The Morgan fingerprint density at radius 1 is 1.06 bits per heavy atom. The lowest BCUT2D eigenvalue weighted by atomic mass is 9.34. The van der Waals surface area contributed by atoms with E-state index in [2.05, 4.69) is 26.8 Å². The predicted octanol–water partition coefficient (Wildman–Crippen LogP) is 5.70. The number of amides is 2. The fourth-order valence-electron chi connectivity index (χ4n) is 9.94. The molecule has 1 aromatic rings. The summed E-state index contributed by atoms with van der Waals surface area (Å²) in [5.74, 6) is -0.486. The fourth-order valence-corrected chi connectivity index (χ4v) is 9.94. The summed E-state index contributed by atoms with van der Waals surface area (Å²) in [6, 6.07) is 9.82. The van der Waals surface area contributed by atoms with Crippen LogP contribution < -0.4 is 0 Å². The van der Waals surface area contributed by atoms with Gasteiger partial charge in [-0.3, -0.25) is 19.3 Å². The van der Waals surface area contributed by atoms with Gasteiger partial charge >= 0.3 is 5.97 Å². The lowest BCUT2D eigenvalue weighted by Crippen LogP contribution is -2.65. The Kier molecular flexibility index (Phi) is 5.18. The van der Waals surface area contributed by atoms with Crippen LogP contribution in [0, 0.1) is 51.8 Å². The van der Waals surface area contributed by atoms with Crippen LogP contribution in [0.3, 0.4) is 0 Å². The smallest absolute Gasteiger partial charge is 0.309 e. The van der Waals surface area contributed by atoms with E-state index in [1.165, 1.54) is 5.57 Å². The number of carbonyl (C=O) groups excluding carboxylic acids is 2. The number of carbonyl (C=O) groups is 3. The van der Waals surface area contributed by atoms with E-state index in [1.807, 2.05) is 37.3 Å². The molecule has 2 amide bonds. The van der Waals surface area contributed by atoms with E-state index in [4.69, 9.17) is 0 Å². The number of likely N-dealkylation sites (tertiary alicyclic amines) is 1. The van der Waals surface area contributed by atoms with Crippen molar-refractivity contribution in [2.24, 2.45) is 51.8 Å². The molecule has 36 heavy (non-hydrogen) atoms. The first-order valence-corrected chi connectivity index (χ1v) is 13.9. The summed E-state index contributed by atoms with van der Waals surface area (Å²) in [5, 5.41) is 10.3. The van der Waals surface area contributed by atoms with Gasteiger partial charge in [-0.15, -0.1) is 0 Å². The summed E-state index contributed by atoms with van der Waals surface area (Å²) >= 11 is 0. The van der Waals surface area contributed by atoms with Crippen molar-refractivity contribution in [1.82, 2.24) is 4.90 Å². The van der Waals surface area contributed by atoms with Crippen LogP contribution in [0.2, 0.25) is 0 Å². The molecule has 1 saturated heterocycles. The molecule has 1 aliphatic heterocycles. The van der Waals surface area contributed by atoms with E-state index in [9.17, 15) is 19.5 Å². The highest BCUT2D eigenvalue weighted by Crippen LogP contribution is 2.74. The Hall–Kier alpha value is -2.43. The van der Waals surface area contributed by atoms with Crippen LogP contribution in [0.15, 0.2) is 42.0 Å². The van der Waals surface area contributed by atoms with Crippen molar-refractivity contribution in [2.45, 2.75) is 72.8 Å². The van der Waals surface area contributed by atoms with Crippen molar-refractivity contribution in [1.29, 1.82) is 0 Å². The molecule has 1 N–H and O–H groups in total. The van der Waals surface area contributed by atoms with Crippen LogP contribution in [0.4, 0.5) is 0 Å². The number of fused-ring (bicyclic) bond motifs is 1. The standard InChI is InChI=1S/C31H39NO4/c1-18(2)21-16-31-14-11-22-29(3,12-8-13-30(22,4)28(35)36)23(31)15-20(21)24-25(31)27(34)32(26(24)33)17-19-9-6-5-7-10-19/h5-7,9-10,16,18,20,22-25H,8,11-15,17H2,1-4H3,(H,35,36)/t20-,22+,23+,24+,25+,29+,30-,31+/m1/s1. The normalized spacial score (nSPS) is 43.2. The number of hydrogen-bond acceptors (Lipinski definition) is 3. The number of benzene rings is 1. The Labute approximate surface area is 214 Å². The number of imide groups is 1. The summed E-state index contributed by atoms with van der Waals surface area (Å²) in [6.45, 7) is 9.05. The zero-order valence-corrected chi connectivity index (χ0v) is 22.0. The molecule has 3 saturated carbocycles. The molecular weight excluding hydrogens is 450 g/mol. The maximum absolute atomic E-state index is 14.2. The first kappa shape index (κ1) is 23.9. The molecule has 192 valence electrons. The number of nitrogens with zero attached hydrogens (tertiary/aromatic N) is 1. The average molecular weight is 490 g/mol. The van der Waals surface area contributed by atoms with Gasteiger partial charge in [-0.1, -0.05) is 69.2 Å². The molecule has 6 aliphatic rings. The van der Waals surface area contributed by atoms with Gasteiger partial charge in [0.2, 0.25) is 11.8 Å². The molecule has 7 rings (SSSR count). The van der Waals surface area contributed by atoms with Gasteiger partial charge < -0.3 is 5.11 Å². The molecule has 5 nitrogen and oxygen atoms in total.